The van der Waals surface area contributed by atoms with Crippen LogP contribution in [0.25, 0.3) is 0 Å². The molecule has 0 saturated heterocycles. The molecule has 3 nitrogen and oxygen atoms in total. The first-order valence-electron chi connectivity index (χ1n) is 7.07. The molecule has 2 N–H and O–H groups in total. The number of hydrogen-bond acceptors (Lipinski definition) is 4. The first-order chi connectivity index (χ1) is 9.73. The molecule has 0 aliphatic rings. The Hall–Kier alpha value is -0.710. The van der Waals surface area contributed by atoms with Crippen molar-refractivity contribution in [3.63, 3.8) is 0 Å². The van der Waals surface area contributed by atoms with Crippen LogP contribution < -0.4 is 5.73 Å². The summed E-state index contributed by atoms with van der Waals surface area (Å²) >= 11 is 7.55. The summed E-state index contributed by atoms with van der Waals surface area (Å²) in [5.74, 6) is 0.0603. The highest BCUT2D eigenvalue weighted by molar-refractivity contribution is 8.00. The summed E-state index contributed by atoms with van der Waals surface area (Å²) in [7, 11) is 0. The van der Waals surface area contributed by atoms with E-state index in [9.17, 15) is 4.79 Å². The molecule has 5 heteroatoms. The first kappa shape index (κ1) is 18.3. The quantitative estimate of drug-likeness (QED) is 0.795. The molecule has 0 bridgehead atoms. The maximum Gasteiger partial charge on any atom is 0.316 e. The third-order valence-electron chi connectivity index (χ3n) is 2.84. The fourth-order valence-electron chi connectivity index (χ4n) is 1.89. The van der Waals surface area contributed by atoms with Crippen LogP contribution in [0.15, 0.2) is 24.3 Å². The third kappa shape index (κ3) is 6.72. The van der Waals surface area contributed by atoms with Gasteiger partial charge in [-0.05, 0) is 44.9 Å². The smallest absolute Gasteiger partial charge is 0.316 e. The van der Waals surface area contributed by atoms with Gasteiger partial charge in [-0.1, -0.05) is 30.7 Å². The lowest BCUT2D eigenvalue weighted by molar-refractivity contribution is -0.151. The molecule has 21 heavy (non-hydrogen) atoms. The maximum absolute atomic E-state index is 11.9. The second-order valence-electron chi connectivity index (χ2n) is 5.95. The van der Waals surface area contributed by atoms with Crippen LogP contribution in [0.4, 0.5) is 0 Å². The van der Waals surface area contributed by atoms with Crippen LogP contribution in [-0.4, -0.2) is 23.4 Å². The Morgan fingerprint density at radius 2 is 2.10 bits per heavy atom. The number of rotatable bonds is 6. The number of carbonyl (C=O) groups excluding carboxylic acids is 1. The van der Waals surface area contributed by atoms with Crippen molar-refractivity contribution in [1.82, 2.24) is 0 Å². The topological polar surface area (TPSA) is 52.3 Å². The Bertz CT molecular complexity index is 474. The minimum Gasteiger partial charge on any atom is -0.459 e. The van der Waals surface area contributed by atoms with Crippen molar-refractivity contribution < 1.29 is 9.53 Å². The molecule has 2 unspecified atom stereocenters. The largest absolute Gasteiger partial charge is 0.459 e. The first-order valence-corrected chi connectivity index (χ1v) is 8.50. The van der Waals surface area contributed by atoms with Crippen LogP contribution in [0.5, 0.6) is 0 Å². The van der Waals surface area contributed by atoms with Gasteiger partial charge in [-0.2, -0.15) is 0 Å². The van der Waals surface area contributed by atoms with Gasteiger partial charge in [0, 0.05) is 16.3 Å². The van der Waals surface area contributed by atoms with E-state index in [2.05, 4.69) is 0 Å². The van der Waals surface area contributed by atoms with Crippen LogP contribution in [0.1, 0.15) is 44.9 Å². The monoisotopic (exact) mass is 329 g/mol. The van der Waals surface area contributed by atoms with E-state index in [1.165, 1.54) is 11.8 Å². The van der Waals surface area contributed by atoms with Gasteiger partial charge in [0.15, 0.2) is 0 Å². The molecule has 0 aromatic heterocycles. The van der Waals surface area contributed by atoms with E-state index >= 15 is 0 Å². The summed E-state index contributed by atoms with van der Waals surface area (Å²) in [6, 6.07) is 7.60. The van der Waals surface area contributed by atoms with E-state index in [1.54, 1.807) is 0 Å². The second-order valence-corrected chi connectivity index (χ2v) is 7.51. The number of esters is 1. The van der Waals surface area contributed by atoms with Crippen LogP contribution in [0.3, 0.4) is 0 Å². The lowest BCUT2D eigenvalue weighted by atomic mass is 10.0. The molecule has 0 saturated carbocycles. The number of nitrogens with two attached hydrogens (primary N) is 1. The fourth-order valence-corrected chi connectivity index (χ4v) is 3.25. The van der Waals surface area contributed by atoms with E-state index in [-0.39, 0.29) is 23.0 Å². The molecule has 118 valence electrons. The normalized spacial score (nSPS) is 14.6. The third-order valence-corrected chi connectivity index (χ3v) is 4.46. The summed E-state index contributed by atoms with van der Waals surface area (Å²) < 4.78 is 5.33. The Morgan fingerprint density at radius 3 is 2.62 bits per heavy atom. The summed E-state index contributed by atoms with van der Waals surface area (Å²) in [6.45, 7) is 7.63. The van der Waals surface area contributed by atoms with E-state index in [0.717, 1.165) is 12.0 Å². The van der Waals surface area contributed by atoms with Crippen molar-refractivity contribution in [3.8, 4) is 0 Å². The zero-order valence-electron chi connectivity index (χ0n) is 13.1. The number of ether oxygens (including phenoxy) is 1. The average molecular weight is 330 g/mol. The van der Waals surface area contributed by atoms with Crippen molar-refractivity contribution in [2.24, 2.45) is 5.73 Å². The zero-order chi connectivity index (χ0) is 16.0. The molecule has 1 aromatic rings. The van der Waals surface area contributed by atoms with Crippen LogP contribution in [0, 0.1) is 0 Å². The Balaban J connectivity index is 2.74. The molecule has 2 atom stereocenters. The van der Waals surface area contributed by atoms with Gasteiger partial charge in [0.05, 0.1) is 5.75 Å². The maximum atomic E-state index is 11.9. The van der Waals surface area contributed by atoms with Crippen molar-refractivity contribution in [2.75, 3.05) is 5.75 Å². The van der Waals surface area contributed by atoms with Gasteiger partial charge in [0.2, 0.25) is 0 Å². The predicted molar refractivity (Wildman–Crippen MR) is 90.8 cm³/mol. The molecule has 0 aliphatic heterocycles. The Labute approximate surface area is 136 Å². The van der Waals surface area contributed by atoms with Gasteiger partial charge in [0.25, 0.3) is 0 Å². The number of benzene rings is 1. The van der Waals surface area contributed by atoms with Gasteiger partial charge in [0.1, 0.15) is 5.60 Å². The van der Waals surface area contributed by atoms with Gasteiger partial charge < -0.3 is 10.5 Å². The number of hydrogen-bond donors (Lipinski definition) is 1. The van der Waals surface area contributed by atoms with Gasteiger partial charge >= 0.3 is 5.97 Å². The molecule has 1 rings (SSSR count). The molecule has 0 aliphatic carbocycles. The van der Waals surface area contributed by atoms with Crippen molar-refractivity contribution in [3.05, 3.63) is 34.9 Å². The number of halogens is 1. The lowest BCUT2D eigenvalue weighted by Gasteiger charge is -2.24. The standard InChI is InChI=1S/C16H24ClNO2S/c1-5-13(18)15(11-7-6-8-12(17)9-11)21-10-14(19)20-16(2,3)4/h6-9,13,15H,5,10,18H2,1-4H3. The second kappa shape index (κ2) is 8.06. The molecule has 0 amide bonds. The van der Waals surface area contributed by atoms with Crippen molar-refractivity contribution in [2.45, 2.75) is 51.0 Å². The van der Waals surface area contributed by atoms with Crippen molar-refractivity contribution in [1.29, 1.82) is 0 Å². The Morgan fingerprint density at radius 1 is 1.43 bits per heavy atom. The summed E-state index contributed by atoms with van der Waals surface area (Å²) in [5, 5.41) is 0.708. The molecule has 0 radical (unpaired) electrons. The SMILES string of the molecule is CCC(N)C(SCC(=O)OC(C)(C)C)c1cccc(Cl)c1. The van der Waals surface area contributed by atoms with Crippen molar-refractivity contribution >= 4 is 29.3 Å². The van der Waals surface area contributed by atoms with Gasteiger partial charge in [-0.3, -0.25) is 4.79 Å². The number of thioether (sulfide) groups is 1. The molecular weight excluding hydrogens is 306 g/mol. The molecule has 0 fully saturated rings. The Kier molecular flexibility index (Phi) is 7.04. The van der Waals surface area contributed by atoms with E-state index in [4.69, 9.17) is 22.1 Å². The van der Waals surface area contributed by atoms with Gasteiger partial charge in [-0.25, -0.2) is 0 Å². The highest BCUT2D eigenvalue weighted by Crippen LogP contribution is 2.34. The zero-order valence-corrected chi connectivity index (χ0v) is 14.6. The summed E-state index contributed by atoms with van der Waals surface area (Å²) in [6.07, 6.45) is 0.832. The van der Waals surface area contributed by atoms with Crippen LogP contribution in [-0.2, 0) is 9.53 Å². The summed E-state index contributed by atoms with van der Waals surface area (Å²) in [5.41, 5.74) is 6.78. The molecule has 0 heterocycles. The van der Waals surface area contributed by atoms with Crippen LogP contribution in [0.2, 0.25) is 5.02 Å². The van der Waals surface area contributed by atoms with Gasteiger partial charge in [-0.15, -0.1) is 11.8 Å². The summed E-state index contributed by atoms with van der Waals surface area (Å²) in [4.78, 5) is 11.9. The fraction of sp³-hybridized carbons (Fsp3) is 0.562. The van der Waals surface area contributed by atoms with Crippen LogP contribution >= 0.6 is 23.4 Å². The van der Waals surface area contributed by atoms with E-state index < -0.39 is 5.60 Å². The van der Waals surface area contributed by atoms with E-state index in [1.807, 2.05) is 52.0 Å². The molecule has 1 aromatic carbocycles. The number of carbonyl (C=O) groups is 1. The average Bonchev–Trinajstić information content (AvgIpc) is 2.36. The molecule has 0 spiro atoms. The molecular formula is C16H24ClNO2S. The highest BCUT2D eigenvalue weighted by Gasteiger charge is 2.23. The predicted octanol–water partition coefficient (Wildman–Crippen LogP) is 4.19. The minimum absolute atomic E-state index is 0.0289. The lowest BCUT2D eigenvalue weighted by Crippen LogP contribution is -2.28. The van der Waals surface area contributed by atoms with E-state index in [0.29, 0.717) is 5.02 Å². The minimum atomic E-state index is -0.462. The highest BCUT2D eigenvalue weighted by atomic mass is 35.5.